The van der Waals surface area contributed by atoms with E-state index < -0.39 is 0 Å². The summed E-state index contributed by atoms with van der Waals surface area (Å²) in [5, 5.41) is 1.03. The summed E-state index contributed by atoms with van der Waals surface area (Å²) < 4.78 is 0.727. The van der Waals surface area contributed by atoms with Gasteiger partial charge in [0.15, 0.2) is 0 Å². The fraction of sp³-hybridized carbons (Fsp3) is 0.167. The highest BCUT2D eigenvalue weighted by Crippen LogP contribution is 2.30. The number of hydrogen-bond donors (Lipinski definition) is 0. The van der Waals surface area contributed by atoms with Gasteiger partial charge >= 0.3 is 0 Å². The van der Waals surface area contributed by atoms with Gasteiger partial charge in [0.25, 0.3) is 0 Å². The van der Waals surface area contributed by atoms with E-state index in [0.717, 1.165) is 10.2 Å². The first-order valence-corrected chi connectivity index (χ1v) is 4.14. The van der Waals surface area contributed by atoms with Crippen molar-refractivity contribution in [1.82, 2.24) is 4.98 Å². The van der Waals surface area contributed by atoms with Gasteiger partial charge in [0.05, 0.1) is 20.2 Å². The molecule has 0 aliphatic heterocycles. The zero-order valence-electron chi connectivity index (χ0n) is 5.16. The minimum absolute atomic E-state index is 0.510. The van der Waals surface area contributed by atoms with Crippen LogP contribution in [0.3, 0.4) is 0 Å². The second-order valence-corrected chi connectivity index (χ2v) is 3.43. The highest BCUT2D eigenvalue weighted by Gasteiger charge is 2.04. The van der Waals surface area contributed by atoms with Crippen LogP contribution in [0.1, 0.15) is 5.69 Å². The number of halogens is 3. The topological polar surface area (TPSA) is 12.9 Å². The van der Waals surface area contributed by atoms with E-state index in [1.165, 1.54) is 0 Å². The van der Waals surface area contributed by atoms with E-state index in [1.807, 2.05) is 0 Å². The standard InChI is InChI=1S/C6H4BrCl2N/c1-3-5(8)6(9)4(7)2-10-3/h2H,1H3. The molecule has 4 heteroatoms. The molecular weight excluding hydrogens is 237 g/mol. The van der Waals surface area contributed by atoms with Crippen molar-refractivity contribution >= 4 is 39.1 Å². The summed E-state index contributed by atoms with van der Waals surface area (Å²) in [5.74, 6) is 0. The van der Waals surface area contributed by atoms with Crippen LogP contribution in [0.5, 0.6) is 0 Å². The van der Waals surface area contributed by atoms with Gasteiger partial charge in [-0.05, 0) is 22.9 Å². The van der Waals surface area contributed by atoms with Crippen LogP contribution in [0.2, 0.25) is 10.0 Å². The average molecular weight is 241 g/mol. The number of nitrogens with zero attached hydrogens (tertiary/aromatic N) is 1. The van der Waals surface area contributed by atoms with Crippen molar-refractivity contribution in [2.75, 3.05) is 0 Å². The molecule has 0 aliphatic carbocycles. The third-order valence-corrected chi connectivity index (χ3v) is 2.87. The first kappa shape index (κ1) is 8.31. The van der Waals surface area contributed by atoms with Crippen molar-refractivity contribution in [2.45, 2.75) is 6.92 Å². The SMILES string of the molecule is Cc1ncc(Br)c(Cl)c1Cl. The van der Waals surface area contributed by atoms with Crippen molar-refractivity contribution in [2.24, 2.45) is 0 Å². The molecule has 10 heavy (non-hydrogen) atoms. The zero-order chi connectivity index (χ0) is 7.72. The molecule has 0 saturated carbocycles. The molecule has 1 aromatic heterocycles. The van der Waals surface area contributed by atoms with Crippen molar-refractivity contribution in [1.29, 1.82) is 0 Å². The average Bonchev–Trinajstić information content (AvgIpc) is 1.93. The Morgan fingerprint density at radius 2 is 2.00 bits per heavy atom. The molecule has 0 unspecified atom stereocenters. The van der Waals surface area contributed by atoms with Crippen LogP contribution in [0.15, 0.2) is 10.7 Å². The number of aryl methyl sites for hydroxylation is 1. The molecular formula is C6H4BrCl2N. The molecule has 0 atom stereocenters. The monoisotopic (exact) mass is 239 g/mol. The lowest BCUT2D eigenvalue weighted by atomic mass is 10.4. The van der Waals surface area contributed by atoms with Crippen molar-refractivity contribution in [3.05, 3.63) is 26.4 Å². The van der Waals surface area contributed by atoms with E-state index in [-0.39, 0.29) is 0 Å². The van der Waals surface area contributed by atoms with Gasteiger partial charge in [0.2, 0.25) is 0 Å². The first-order chi connectivity index (χ1) is 4.63. The fourth-order valence-electron chi connectivity index (χ4n) is 0.531. The van der Waals surface area contributed by atoms with Gasteiger partial charge in [-0.3, -0.25) is 4.98 Å². The lowest BCUT2D eigenvalue weighted by Crippen LogP contribution is -1.83. The second kappa shape index (κ2) is 3.07. The molecule has 1 rings (SSSR count). The summed E-state index contributed by atoms with van der Waals surface area (Å²) in [6, 6.07) is 0. The quantitative estimate of drug-likeness (QED) is 0.677. The van der Waals surface area contributed by atoms with Crippen LogP contribution >= 0.6 is 39.1 Å². The van der Waals surface area contributed by atoms with Crippen molar-refractivity contribution < 1.29 is 0 Å². The molecule has 0 radical (unpaired) electrons. The van der Waals surface area contributed by atoms with Gasteiger partial charge in [-0.2, -0.15) is 0 Å². The predicted octanol–water partition coefficient (Wildman–Crippen LogP) is 3.46. The van der Waals surface area contributed by atoms with E-state index in [0.29, 0.717) is 10.0 Å². The van der Waals surface area contributed by atoms with Crippen molar-refractivity contribution in [3.63, 3.8) is 0 Å². The van der Waals surface area contributed by atoms with E-state index in [2.05, 4.69) is 20.9 Å². The van der Waals surface area contributed by atoms with Gasteiger partial charge in [-0.1, -0.05) is 23.2 Å². The molecule has 0 bridgehead atoms. The van der Waals surface area contributed by atoms with Crippen LogP contribution in [-0.4, -0.2) is 4.98 Å². The number of aromatic nitrogens is 1. The lowest BCUT2D eigenvalue weighted by Gasteiger charge is -1.99. The minimum atomic E-state index is 0.510. The third kappa shape index (κ3) is 1.44. The minimum Gasteiger partial charge on any atom is -0.259 e. The maximum absolute atomic E-state index is 5.76. The third-order valence-electron chi connectivity index (χ3n) is 1.09. The normalized spacial score (nSPS) is 10.0. The molecule has 54 valence electrons. The molecule has 0 aliphatic rings. The molecule has 0 N–H and O–H groups in total. The molecule has 1 aromatic rings. The van der Waals surface area contributed by atoms with Crippen LogP contribution in [0.4, 0.5) is 0 Å². The van der Waals surface area contributed by atoms with Crippen molar-refractivity contribution in [3.8, 4) is 0 Å². The Balaban J connectivity index is 3.34. The Morgan fingerprint density at radius 1 is 1.40 bits per heavy atom. The maximum Gasteiger partial charge on any atom is 0.0816 e. The second-order valence-electron chi connectivity index (χ2n) is 1.82. The van der Waals surface area contributed by atoms with Crippen LogP contribution in [0, 0.1) is 6.92 Å². The Bertz CT molecular complexity index is 235. The summed E-state index contributed by atoms with van der Waals surface area (Å²) >= 11 is 14.7. The smallest absolute Gasteiger partial charge is 0.0816 e. The van der Waals surface area contributed by atoms with Gasteiger partial charge in [0, 0.05) is 6.20 Å². The van der Waals surface area contributed by atoms with E-state index >= 15 is 0 Å². The van der Waals surface area contributed by atoms with Crippen LogP contribution < -0.4 is 0 Å². The Kier molecular flexibility index (Phi) is 2.55. The summed E-state index contributed by atoms with van der Waals surface area (Å²) in [5.41, 5.74) is 0.745. The summed E-state index contributed by atoms with van der Waals surface area (Å²) in [7, 11) is 0. The number of pyridine rings is 1. The van der Waals surface area contributed by atoms with Crippen LogP contribution in [0.25, 0.3) is 0 Å². The zero-order valence-corrected chi connectivity index (χ0v) is 8.26. The van der Waals surface area contributed by atoms with E-state index in [1.54, 1.807) is 13.1 Å². The van der Waals surface area contributed by atoms with E-state index in [4.69, 9.17) is 23.2 Å². The molecule has 0 saturated heterocycles. The Morgan fingerprint density at radius 3 is 2.50 bits per heavy atom. The maximum atomic E-state index is 5.76. The van der Waals surface area contributed by atoms with E-state index in [9.17, 15) is 0 Å². The highest BCUT2D eigenvalue weighted by molar-refractivity contribution is 9.10. The molecule has 0 amide bonds. The fourth-order valence-corrected chi connectivity index (χ4v) is 1.28. The Hall–Kier alpha value is 0.210. The molecule has 1 heterocycles. The largest absolute Gasteiger partial charge is 0.259 e. The van der Waals surface area contributed by atoms with Gasteiger partial charge in [0.1, 0.15) is 0 Å². The molecule has 1 nitrogen and oxygen atoms in total. The highest BCUT2D eigenvalue weighted by atomic mass is 79.9. The number of hydrogen-bond acceptors (Lipinski definition) is 1. The summed E-state index contributed by atoms with van der Waals surface area (Å²) in [4.78, 5) is 3.98. The van der Waals surface area contributed by atoms with Gasteiger partial charge in [-0.15, -0.1) is 0 Å². The molecule has 0 aromatic carbocycles. The lowest BCUT2D eigenvalue weighted by molar-refractivity contribution is 1.19. The summed E-state index contributed by atoms with van der Waals surface area (Å²) in [6.45, 7) is 1.81. The summed E-state index contributed by atoms with van der Waals surface area (Å²) in [6.07, 6.45) is 1.63. The molecule has 0 spiro atoms. The predicted molar refractivity (Wildman–Crippen MR) is 46.7 cm³/mol. The first-order valence-electron chi connectivity index (χ1n) is 2.59. The van der Waals surface area contributed by atoms with Gasteiger partial charge in [-0.25, -0.2) is 0 Å². The molecule has 0 fully saturated rings. The number of rotatable bonds is 0. The van der Waals surface area contributed by atoms with Crippen LogP contribution in [-0.2, 0) is 0 Å². The Labute approximate surface area is 77.5 Å². The van der Waals surface area contributed by atoms with Gasteiger partial charge < -0.3 is 0 Å².